The van der Waals surface area contributed by atoms with Crippen LogP contribution in [0.1, 0.15) is 40.6 Å². The summed E-state index contributed by atoms with van der Waals surface area (Å²) in [6.45, 7) is -0.555. The molecule has 0 radical (unpaired) electrons. The summed E-state index contributed by atoms with van der Waals surface area (Å²) in [6, 6.07) is 12.2. The second-order valence-electron chi connectivity index (χ2n) is 7.86. The van der Waals surface area contributed by atoms with Crippen LogP contribution in [0, 0.1) is 5.82 Å². The van der Waals surface area contributed by atoms with Gasteiger partial charge in [0.15, 0.2) is 0 Å². The number of amides is 1. The molecule has 1 aliphatic heterocycles. The molecule has 0 saturated carbocycles. The molecule has 2 aromatic carbocycles. The van der Waals surface area contributed by atoms with Crippen LogP contribution in [0.25, 0.3) is 11.4 Å². The molecule has 1 aliphatic rings. The molecular formula is C23H21F4N3O3. The molecule has 1 amide bonds. The van der Waals surface area contributed by atoms with Crippen molar-refractivity contribution in [1.82, 2.24) is 15.0 Å². The summed E-state index contributed by atoms with van der Waals surface area (Å²) in [6.07, 6.45) is -2.86. The van der Waals surface area contributed by atoms with Crippen LogP contribution in [-0.4, -0.2) is 46.8 Å². The van der Waals surface area contributed by atoms with Crippen LogP contribution >= 0.6 is 0 Å². The Morgan fingerprint density at radius 3 is 2.70 bits per heavy atom. The maximum absolute atomic E-state index is 13.5. The highest BCUT2D eigenvalue weighted by molar-refractivity contribution is 5.94. The third-order valence-corrected chi connectivity index (χ3v) is 5.32. The van der Waals surface area contributed by atoms with Gasteiger partial charge in [-0.15, -0.1) is 0 Å². The third kappa shape index (κ3) is 5.95. The van der Waals surface area contributed by atoms with Gasteiger partial charge in [-0.05, 0) is 42.7 Å². The molecule has 0 N–H and O–H groups in total. The molecule has 6 nitrogen and oxygen atoms in total. The Hall–Kier alpha value is -3.27. The molecule has 2 heterocycles. The minimum absolute atomic E-state index is 0.146. The first kappa shape index (κ1) is 22.9. The maximum Gasteiger partial charge on any atom is 0.411 e. The van der Waals surface area contributed by atoms with Crippen LogP contribution in [0.3, 0.4) is 0 Å². The largest absolute Gasteiger partial charge is 0.411 e. The predicted molar refractivity (Wildman–Crippen MR) is 110 cm³/mol. The number of carbonyl (C=O) groups is 1. The van der Waals surface area contributed by atoms with E-state index in [0.29, 0.717) is 35.7 Å². The van der Waals surface area contributed by atoms with E-state index in [-0.39, 0.29) is 24.3 Å². The number of benzene rings is 2. The number of carbonyl (C=O) groups excluding carboxylic acids is 1. The first-order valence-electron chi connectivity index (χ1n) is 10.4. The van der Waals surface area contributed by atoms with E-state index in [9.17, 15) is 22.4 Å². The Kier molecular flexibility index (Phi) is 6.73. The van der Waals surface area contributed by atoms with Crippen molar-refractivity contribution in [2.75, 3.05) is 19.7 Å². The van der Waals surface area contributed by atoms with Crippen molar-refractivity contribution in [1.29, 1.82) is 0 Å². The number of halogens is 4. The topological polar surface area (TPSA) is 68.5 Å². The number of aromatic nitrogens is 2. The molecule has 0 aliphatic carbocycles. The van der Waals surface area contributed by atoms with Crippen molar-refractivity contribution in [3.05, 3.63) is 71.4 Å². The quantitative estimate of drug-likeness (QED) is 0.483. The fourth-order valence-electron chi connectivity index (χ4n) is 3.72. The van der Waals surface area contributed by atoms with Gasteiger partial charge in [0.1, 0.15) is 12.4 Å². The summed E-state index contributed by atoms with van der Waals surface area (Å²) in [7, 11) is 0. The highest BCUT2D eigenvalue weighted by Gasteiger charge is 2.30. The summed E-state index contributed by atoms with van der Waals surface area (Å²) < 4.78 is 60.1. The van der Waals surface area contributed by atoms with Crippen LogP contribution in [0.15, 0.2) is 53.1 Å². The molecule has 1 unspecified atom stereocenters. The van der Waals surface area contributed by atoms with Gasteiger partial charge in [0.2, 0.25) is 11.7 Å². The highest BCUT2D eigenvalue weighted by Crippen LogP contribution is 2.28. The second kappa shape index (κ2) is 9.70. The number of rotatable bonds is 6. The SMILES string of the molecule is O=C(c1ccc(COCC(F)(F)F)cc1)N1CCCC(c2nc(-c3cccc(F)c3)no2)C1. The minimum atomic E-state index is -4.38. The Morgan fingerprint density at radius 2 is 1.97 bits per heavy atom. The highest BCUT2D eigenvalue weighted by atomic mass is 19.4. The maximum atomic E-state index is 13.5. The fraction of sp³-hybridized carbons (Fsp3) is 0.348. The smallest absolute Gasteiger partial charge is 0.367 e. The molecule has 1 atom stereocenters. The van der Waals surface area contributed by atoms with Crippen molar-refractivity contribution in [3.8, 4) is 11.4 Å². The molecule has 174 valence electrons. The number of ether oxygens (including phenoxy) is 1. The van der Waals surface area contributed by atoms with Gasteiger partial charge >= 0.3 is 6.18 Å². The average molecular weight is 463 g/mol. The van der Waals surface area contributed by atoms with Crippen LogP contribution in [-0.2, 0) is 11.3 Å². The standard InChI is InChI=1S/C23H21F4N3O3/c24-19-5-1-3-17(11-19)20-28-21(33-29-20)18-4-2-10-30(12-18)22(31)16-8-6-15(7-9-16)13-32-14-23(25,26)27/h1,3,5-9,11,18H,2,4,10,12-14H2. The van der Waals surface area contributed by atoms with Gasteiger partial charge in [-0.3, -0.25) is 4.79 Å². The van der Waals surface area contributed by atoms with Gasteiger partial charge in [-0.1, -0.05) is 29.4 Å². The molecule has 1 aromatic heterocycles. The van der Waals surface area contributed by atoms with Crippen molar-refractivity contribution in [2.45, 2.75) is 31.5 Å². The first-order valence-corrected chi connectivity index (χ1v) is 10.4. The van der Waals surface area contributed by atoms with E-state index in [4.69, 9.17) is 4.52 Å². The van der Waals surface area contributed by atoms with Crippen molar-refractivity contribution in [3.63, 3.8) is 0 Å². The lowest BCUT2D eigenvalue weighted by Gasteiger charge is -2.31. The third-order valence-electron chi connectivity index (χ3n) is 5.32. The van der Waals surface area contributed by atoms with E-state index >= 15 is 0 Å². The lowest BCUT2D eigenvalue weighted by Crippen LogP contribution is -2.39. The molecule has 4 rings (SSSR count). The monoisotopic (exact) mass is 463 g/mol. The zero-order chi connectivity index (χ0) is 23.4. The fourth-order valence-corrected chi connectivity index (χ4v) is 3.72. The van der Waals surface area contributed by atoms with Crippen LogP contribution in [0.4, 0.5) is 17.6 Å². The van der Waals surface area contributed by atoms with Crippen LogP contribution in [0.2, 0.25) is 0 Å². The van der Waals surface area contributed by atoms with Gasteiger partial charge in [-0.25, -0.2) is 4.39 Å². The summed E-state index contributed by atoms with van der Waals surface area (Å²) in [5, 5.41) is 3.94. The van der Waals surface area contributed by atoms with Gasteiger partial charge in [0.25, 0.3) is 5.91 Å². The van der Waals surface area contributed by atoms with Crippen LogP contribution in [0.5, 0.6) is 0 Å². The zero-order valence-electron chi connectivity index (χ0n) is 17.5. The lowest BCUT2D eigenvalue weighted by molar-refractivity contribution is -0.176. The number of hydrogen-bond acceptors (Lipinski definition) is 5. The number of likely N-dealkylation sites (tertiary alicyclic amines) is 1. The lowest BCUT2D eigenvalue weighted by atomic mass is 9.97. The van der Waals surface area contributed by atoms with E-state index in [1.54, 1.807) is 41.3 Å². The number of piperidine rings is 1. The van der Waals surface area contributed by atoms with Gasteiger partial charge in [0, 0.05) is 24.2 Å². The molecule has 33 heavy (non-hydrogen) atoms. The van der Waals surface area contributed by atoms with Crippen molar-refractivity contribution in [2.24, 2.45) is 0 Å². The van der Waals surface area contributed by atoms with E-state index in [1.807, 2.05) is 0 Å². The van der Waals surface area contributed by atoms with Gasteiger partial charge in [0.05, 0.1) is 12.5 Å². The minimum Gasteiger partial charge on any atom is -0.367 e. The normalized spacial score (nSPS) is 16.7. The van der Waals surface area contributed by atoms with Crippen molar-refractivity contribution < 1.29 is 31.6 Å². The van der Waals surface area contributed by atoms with E-state index < -0.39 is 18.6 Å². The Morgan fingerprint density at radius 1 is 1.18 bits per heavy atom. The molecule has 1 fully saturated rings. The van der Waals surface area contributed by atoms with Gasteiger partial charge in [-0.2, -0.15) is 18.2 Å². The number of hydrogen-bond donors (Lipinski definition) is 0. The van der Waals surface area contributed by atoms with E-state index in [1.165, 1.54) is 12.1 Å². The molecule has 3 aromatic rings. The average Bonchev–Trinajstić information content (AvgIpc) is 3.29. The molecule has 1 saturated heterocycles. The molecule has 0 spiro atoms. The summed E-state index contributed by atoms with van der Waals surface area (Å²) >= 11 is 0. The Bertz CT molecular complexity index is 1100. The number of nitrogens with zero attached hydrogens (tertiary/aromatic N) is 3. The van der Waals surface area contributed by atoms with Crippen LogP contribution < -0.4 is 0 Å². The summed E-state index contributed by atoms with van der Waals surface area (Å²) in [5.74, 6) is -0.0497. The van der Waals surface area contributed by atoms with Crippen molar-refractivity contribution >= 4 is 5.91 Å². The zero-order valence-corrected chi connectivity index (χ0v) is 17.5. The second-order valence-corrected chi connectivity index (χ2v) is 7.86. The number of alkyl halides is 3. The van der Waals surface area contributed by atoms with E-state index in [2.05, 4.69) is 14.9 Å². The van der Waals surface area contributed by atoms with Gasteiger partial charge < -0.3 is 14.2 Å². The summed E-state index contributed by atoms with van der Waals surface area (Å²) in [4.78, 5) is 19.0. The molecule has 0 bridgehead atoms. The summed E-state index contributed by atoms with van der Waals surface area (Å²) in [5.41, 5.74) is 1.48. The molecule has 10 heteroatoms. The first-order chi connectivity index (χ1) is 15.8. The predicted octanol–water partition coefficient (Wildman–Crippen LogP) is 4.97. The Labute approximate surface area is 187 Å². The van der Waals surface area contributed by atoms with E-state index in [0.717, 1.165) is 12.8 Å². The Balaban J connectivity index is 1.38. The molecular weight excluding hydrogens is 442 g/mol.